The number of hydrazine groups is 1. The molecular weight excluding hydrogens is 200 g/mol. The van der Waals surface area contributed by atoms with E-state index >= 15 is 0 Å². The lowest BCUT2D eigenvalue weighted by Crippen LogP contribution is -2.33. The van der Waals surface area contributed by atoms with E-state index in [2.05, 4.69) is 0 Å². The second-order valence-corrected chi connectivity index (χ2v) is 4.02. The number of benzene rings is 1. The summed E-state index contributed by atoms with van der Waals surface area (Å²) >= 11 is 6.53. The molecule has 0 spiro atoms. The first-order valence-electron chi connectivity index (χ1n) is 3.88. The summed E-state index contributed by atoms with van der Waals surface area (Å²) in [6.07, 6.45) is 1.92. The SMILES string of the molecule is CSC(=S)N(N)Cc1ccccc1. The van der Waals surface area contributed by atoms with Crippen LogP contribution >= 0.6 is 24.0 Å². The molecule has 1 rings (SSSR count). The van der Waals surface area contributed by atoms with Gasteiger partial charge in [0.25, 0.3) is 0 Å². The summed E-state index contributed by atoms with van der Waals surface area (Å²) in [6.45, 7) is 0.667. The molecule has 0 saturated heterocycles. The molecule has 0 radical (unpaired) electrons. The van der Waals surface area contributed by atoms with Gasteiger partial charge in [-0.25, -0.2) is 5.84 Å². The van der Waals surface area contributed by atoms with Crippen molar-refractivity contribution >= 4 is 28.3 Å². The minimum atomic E-state index is 0.667. The Kier molecular flexibility index (Phi) is 4.21. The fourth-order valence-electron chi connectivity index (χ4n) is 0.962. The molecule has 0 aromatic heterocycles. The molecule has 70 valence electrons. The Balaban J connectivity index is 2.55. The number of thiocarbonyl (C=S) groups is 1. The van der Waals surface area contributed by atoms with Crippen molar-refractivity contribution in [3.63, 3.8) is 0 Å². The summed E-state index contributed by atoms with van der Waals surface area (Å²) in [5.41, 5.74) is 1.17. The summed E-state index contributed by atoms with van der Waals surface area (Å²) in [5, 5.41) is 1.58. The van der Waals surface area contributed by atoms with Gasteiger partial charge in [-0.15, -0.1) is 0 Å². The van der Waals surface area contributed by atoms with Gasteiger partial charge in [-0.3, -0.25) is 5.01 Å². The Labute approximate surface area is 88.1 Å². The standard InChI is InChI=1S/C9H12N2S2/c1-13-9(12)11(10)7-8-5-3-2-4-6-8/h2-6H,7,10H2,1H3. The highest BCUT2D eigenvalue weighted by Crippen LogP contribution is 2.06. The van der Waals surface area contributed by atoms with Crippen molar-refractivity contribution in [3.8, 4) is 0 Å². The first-order valence-corrected chi connectivity index (χ1v) is 5.51. The maximum atomic E-state index is 5.73. The normalized spacial score (nSPS) is 9.69. The molecule has 2 N–H and O–H groups in total. The highest BCUT2D eigenvalue weighted by molar-refractivity contribution is 8.22. The van der Waals surface area contributed by atoms with Crippen LogP contribution in [0.4, 0.5) is 0 Å². The first kappa shape index (κ1) is 10.5. The highest BCUT2D eigenvalue weighted by atomic mass is 32.2. The van der Waals surface area contributed by atoms with Crippen LogP contribution in [-0.2, 0) is 6.54 Å². The second kappa shape index (κ2) is 5.21. The molecule has 0 aliphatic rings. The van der Waals surface area contributed by atoms with Gasteiger partial charge in [-0.2, -0.15) is 0 Å². The number of thioether (sulfide) groups is 1. The quantitative estimate of drug-likeness (QED) is 0.461. The molecule has 0 heterocycles. The number of nitrogens with two attached hydrogens (primary N) is 1. The monoisotopic (exact) mass is 212 g/mol. The van der Waals surface area contributed by atoms with Crippen molar-refractivity contribution in [1.82, 2.24) is 5.01 Å². The van der Waals surface area contributed by atoms with E-state index < -0.39 is 0 Å². The van der Waals surface area contributed by atoms with E-state index in [1.54, 1.807) is 5.01 Å². The summed E-state index contributed by atoms with van der Waals surface area (Å²) in [7, 11) is 0. The molecule has 0 fully saturated rings. The fourth-order valence-corrected chi connectivity index (χ4v) is 1.33. The van der Waals surface area contributed by atoms with E-state index in [0.29, 0.717) is 10.9 Å². The van der Waals surface area contributed by atoms with Gasteiger partial charge in [0.2, 0.25) is 0 Å². The van der Waals surface area contributed by atoms with Gasteiger partial charge >= 0.3 is 0 Å². The third-order valence-electron chi connectivity index (χ3n) is 1.60. The van der Waals surface area contributed by atoms with Gasteiger partial charge in [-0.05, 0) is 11.8 Å². The minimum absolute atomic E-state index is 0.667. The van der Waals surface area contributed by atoms with Crippen LogP contribution in [-0.4, -0.2) is 15.6 Å². The Hall–Kier alpha value is -0.580. The van der Waals surface area contributed by atoms with E-state index in [1.807, 2.05) is 36.6 Å². The molecule has 13 heavy (non-hydrogen) atoms. The molecule has 0 amide bonds. The Morgan fingerprint density at radius 3 is 2.62 bits per heavy atom. The molecule has 2 nitrogen and oxygen atoms in total. The second-order valence-electron chi connectivity index (χ2n) is 2.58. The number of nitrogens with zero attached hydrogens (tertiary/aromatic N) is 1. The van der Waals surface area contributed by atoms with Gasteiger partial charge in [0.15, 0.2) is 0 Å². The van der Waals surface area contributed by atoms with Crippen LogP contribution in [0.2, 0.25) is 0 Å². The zero-order valence-electron chi connectivity index (χ0n) is 7.43. The molecule has 0 saturated carbocycles. The number of hydrogen-bond donors (Lipinski definition) is 1. The van der Waals surface area contributed by atoms with Crippen LogP contribution in [0.15, 0.2) is 30.3 Å². The predicted octanol–water partition coefficient (Wildman–Crippen LogP) is 2.01. The summed E-state index contributed by atoms with van der Waals surface area (Å²) in [5.74, 6) is 5.73. The van der Waals surface area contributed by atoms with Crippen molar-refractivity contribution in [2.75, 3.05) is 6.26 Å². The summed E-state index contributed by atoms with van der Waals surface area (Å²) in [6, 6.07) is 10.0. The Morgan fingerprint density at radius 2 is 2.08 bits per heavy atom. The van der Waals surface area contributed by atoms with Crippen molar-refractivity contribution in [2.24, 2.45) is 5.84 Å². The molecule has 0 atom stereocenters. The highest BCUT2D eigenvalue weighted by Gasteiger charge is 2.03. The Bertz CT molecular complexity index is 274. The van der Waals surface area contributed by atoms with Gasteiger partial charge in [-0.1, -0.05) is 54.3 Å². The van der Waals surface area contributed by atoms with E-state index in [4.69, 9.17) is 18.1 Å². The lowest BCUT2D eigenvalue weighted by molar-refractivity contribution is 0.450. The molecular formula is C9H12N2S2. The lowest BCUT2D eigenvalue weighted by atomic mass is 10.2. The molecule has 4 heteroatoms. The zero-order valence-corrected chi connectivity index (χ0v) is 9.07. The average Bonchev–Trinajstić information content (AvgIpc) is 2.18. The molecule has 0 unspecified atom stereocenters. The van der Waals surface area contributed by atoms with Crippen LogP contribution in [0.25, 0.3) is 0 Å². The van der Waals surface area contributed by atoms with Crippen LogP contribution in [0, 0.1) is 0 Å². The first-order chi connectivity index (χ1) is 6.24. The summed E-state index contributed by atoms with van der Waals surface area (Å²) in [4.78, 5) is 0. The molecule has 0 aliphatic heterocycles. The maximum Gasteiger partial charge on any atom is 0.150 e. The largest absolute Gasteiger partial charge is 0.291 e. The van der Waals surface area contributed by atoms with Crippen molar-refractivity contribution in [1.29, 1.82) is 0 Å². The van der Waals surface area contributed by atoms with Gasteiger partial charge < -0.3 is 0 Å². The molecule has 0 bridgehead atoms. The number of hydrogen-bond acceptors (Lipinski definition) is 3. The third kappa shape index (κ3) is 3.34. The maximum absolute atomic E-state index is 5.73. The Morgan fingerprint density at radius 1 is 1.46 bits per heavy atom. The third-order valence-corrected chi connectivity index (χ3v) is 2.92. The van der Waals surface area contributed by atoms with Crippen LogP contribution < -0.4 is 5.84 Å². The van der Waals surface area contributed by atoms with Crippen LogP contribution in [0.1, 0.15) is 5.56 Å². The van der Waals surface area contributed by atoms with Gasteiger partial charge in [0.05, 0.1) is 6.54 Å². The van der Waals surface area contributed by atoms with E-state index in [9.17, 15) is 0 Å². The predicted molar refractivity (Wildman–Crippen MR) is 62.3 cm³/mol. The molecule has 1 aromatic carbocycles. The van der Waals surface area contributed by atoms with Gasteiger partial charge in [0, 0.05) is 0 Å². The fraction of sp³-hybridized carbons (Fsp3) is 0.222. The van der Waals surface area contributed by atoms with E-state index in [-0.39, 0.29) is 0 Å². The van der Waals surface area contributed by atoms with Crippen molar-refractivity contribution in [2.45, 2.75) is 6.54 Å². The molecule has 1 aromatic rings. The van der Waals surface area contributed by atoms with Crippen molar-refractivity contribution in [3.05, 3.63) is 35.9 Å². The van der Waals surface area contributed by atoms with E-state index in [1.165, 1.54) is 17.3 Å². The minimum Gasteiger partial charge on any atom is -0.291 e. The van der Waals surface area contributed by atoms with Crippen molar-refractivity contribution < 1.29 is 0 Å². The summed E-state index contributed by atoms with van der Waals surface area (Å²) < 4.78 is 0.712. The topological polar surface area (TPSA) is 29.3 Å². The van der Waals surface area contributed by atoms with Gasteiger partial charge in [0.1, 0.15) is 4.32 Å². The smallest absolute Gasteiger partial charge is 0.150 e. The molecule has 0 aliphatic carbocycles. The lowest BCUT2D eigenvalue weighted by Gasteiger charge is -2.17. The van der Waals surface area contributed by atoms with E-state index in [0.717, 1.165) is 0 Å². The zero-order chi connectivity index (χ0) is 9.68. The van der Waals surface area contributed by atoms with Crippen LogP contribution in [0.3, 0.4) is 0 Å². The number of rotatable bonds is 2. The average molecular weight is 212 g/mol. The van der Waals surface area contributed by atoms with Crippen LogP contribution in [0.5, 0.6) is 0 Å².